The van der Waals surface area contributed by atoms with Gasteiger partial charge in [-0.15, -0.1) is 0 Å². The number of carbonyl (C=O) groups excluding carboxylic acids is 1. The molecule has 0 bridgehead atoms. The number of nitrogens with one attached hydrogen (secondary N) is 2. The lowest BCUT2D eigenvalue weighted by atomic mass is 9.99. The van der Waals surface area contributed by atoms with Gasteiger partial charge >= 0.3 is 6.03 Å². The zero-order chi connectivity index (χ0) is 20.5. The number of methoxy groups -OCH3 is 2. The molecule has 0 aliphatic carbocycles. The van der Waals surface area contributed by atoms with E-state index in [4.69, 9.17) is 9.47 Å². The molecule has 0 spiro atoms. The van der Waals surface area contributed by atoms with E-state index in [0.29, 0.717) is 6.54 Å². The Hall–Kier alpha value is -3.31. The summed E-state index contributed by atoms with van der Waals surface area (Å²) in [6.45, 7) is 0.339. The third-order valence-electron chi connectivity index (χ3n) is 4.74. The van der Waals surface area contributed by atoms with E-state index in [1.54, 1.807) is 14.2 Å². The molecule has 29 heavy (non-hydrogen) atoms. The van der Waals surface area contributed by atoms with Gasteiger partial charge in [0.25, 0.3) is 0 Å². The first-order chi connectivity index (χ1) is 14.2. The van der Waals surface area contributed by atoms with E-state index < -0.39 is 0 Å². The van der Waals surface area contributed by atoms with E-state index >= 15 is 0 Å². The van der Waals surface area contributed by atoms with Crippen molar-refractivity contribution in [2.24, 2.45) is 0 Å². The van der Waals surface area contributed by atoms with E-state index in [1.165, 1.54) is 0 Å². The maximum Gasteiger partial charge on any atom is 0.315 e. The van der Waals surface area contributed by atoms with Crippen LogP contribution in [0.4, 0.5) is 4.79 Å². The van der Waals surface area contributed by atoms with Gasteiger partial charge in [0, 0.05) is 13.7 Å². The van der Waals surface area contributed by atoms with Crippen molar-refractivity contribution in [3.05, 3.63) is 102 Å². The third-order valence-corrected chi connectivity index (χ3v) is 4.74. The fourth-order valence-corrected chi connectivity index (χ4v) is 3.20. The van der Waals surface area contributed by atoms with Gasteiger partial charge in [-0.1, -0.05) is 72.8 Å². The van der Waals surface area contributed by atoms with Crippen LogP contribution in [0, 0.1) is 0 Å². The second-order valence-electron chi connectivity index (χ2n) is 6.61. The Morgan fingerprint density at radius 3 is 1.97 bits per heavy atom. The summed E-state index contributed by atoms with van der Waals surface area (Å²) in [6, 6.07) is 27.0. The molecular weight excluding hydrogens is 364 g/mol. The molecule has 0 saturated carbocycles. The number of hydrogen-bond donors (Lipinski definition) is 2. The van der Waals surface area contributed by atoms with Gasteiger partial charge in [-0.3, -0.25) is 0 Å². The Bertz CT molecular complexity index is 861. The number of amides is 2. The highest BCUT2D eigenvalue weighted by Gasteiger charge is 2.18. The molecule has 0 fully saturated rings. The SMILES string of the molecule is COc1cccc(C(CNC(=O)NC(c2ccccc2)c2ccccc2)OC)c1. The molecule has 1 unspecified atom stereocenters. The van der Waals surface area contributed by atoms with Gasteiger partial charge in [0.2, 0.25) is 0 Å². The minimum absolute atomic E-state index is 0.241. The van der Waals surface area contributed by atoms with Crippen LogP contribution in [0.1, 0.15) is 28.8 Å². The van der Waals surface area contributed by atoms with Gasteiger partial charge in [-0.05, 0) is 28.8 Å². The van der Waals surface area contributed by atoms with Gasteiger partial charge in [-0.25, -0.2) is 4.79 Å². The monoisotopic (exact) mass is 390 g/mol. The maximum atomic E-state index is 12.7. The summed E-state index contributed by atoms with van der Waals surface area (Å²) in [7, 11) is 3.25. The molecule has 0 saturated heterocycles. The molecule has 2 amide bonds. The third kappa shape index (κ3) is 5.59. The van der Waals surface area contributed by atoms with Crippen molar-refractivity contribution in [3.63, 3.8) is 0 Å². The molecule has 3 aromatic rings. The molecule has 150 valence electrons. The Balaban J connectivity index is 1.68. The largest absolute Gasteiger partial charge is 0.497 e. The molecule has 5 heteroatoms. The summed E-state index contributed by atoms with van der Waals surface area (Å²) in [6.07, 6.45) is -0.275. The van der Waals surface area contributed by atoms with Crippen LogP contribution in [0.25, 0.3) is 0 Å². The maximum absolute atomic E-state index is 12.7. The fourth-order valence-electron chi connectivity index (χ4n) is 3.20. The van der Waals surface area contributed by atoms with Crippen molar-refractivity contribution in [3.8, 4) is 5.75 Å². The summed E-state index contributed by atoms with van der Waals surface area (Å²) in [5.74, 6) is 0.752. The summed E-state index contributed by atoms with van der Waals surface area (Å²) in [5, 5.41) is 6.00. The summed E-state index contributed by atoms with van der Waals surface area (Å²) in [5.41, 5.74) is 2.98. The quantitative estimate of drug-likeness (QED) is 0.597. The molecule has 0 aliphatic rings. The van der Waals surface area contributed by atoms with Crippen molar-refractivity contribution >= 4 is 6.03 Å². The lowest BCUT2D eigenvalue weighted by Crippen LogP contribution is -2.40. The first-order valence-electron chi connectivity index (χ1n) is 9.52. The Morgan fingerprint density at radius 2 is 1.41 bits per heavy atom. The smallest absolute Gasteiger partial charge is 0.315 e. The zero-order valence-corrected chi connectivity index (χ0v) is 16.7. The van der Waals surface area contributed by atoms with Crippen LogP contribution >= 0.6 is 0 Å². The summed E-state index contributed by atoms with van der Waals surface area (Å²) >= 11 is 0. The first-order valence-corrected chi connectivity index (χ1v) is 9.52. The molecule has 2 N–H and O–H groups in total. The van der Waals surface area contributed by atoms with Crippen LogP contribution in [0.2, 0.25) is 0 Å². The second kappa shape index (κ2) is 10.3. The summed E-state index contributed by atoms with van der Waals surface area (Å²) < 4.78 is 10.8. The van der Waals surface area contributed by atoms with Crippen LogP contribution in [-0.4, -0.2) is 26.8 Å². The molecule has 3 aromatic carbocycles. The van der Waals surface area contributed by atoms with Gasteiger partial charge in [0.1, 0.15) is 5.75 Å². The van der Waals surface area contributed by atoms with E-state index in [9.17, 15) is 4.79 Å². The van der Waals surface area contributed by atoms with Gasteiger partial charge in [0.15, 0.2) is 0 Å². The van der Waals surface area contributed by atoms with Gasteiger partial charge in [-0.2, -0.15) is 0 Å². The number of ether oxygens (including phenoxy) is 2. The highest BCUT2D eigenvalue weighted by molar-refractivity contribution is 5.75. The van der Waals surface area contributed by atoms with Crippen molar-refractivity contribution in [2.45, 2.75) is 12.1 Å². The molecule has 0 aromatic heterocycles. The van der Waals surface area contributed by atoms with Gasteiger partial charge in [0.05, 0.1) is 19.3 Å². The topological polar surface area (TPSA) is 59.6 Å². The normalized spacial score (nSPS) is 11.7. The van der Waals surface area contributed by atoms with Crippen LogP contribution < -0.4 is 15.4 Å². The van der Waals surface area contributed by atoms with E-state index in [2.05, 4.69) is 10.6 Å². The molecule has 0 heterocycles. The van der Waals surface area contributed by atoms with Crippen molar-refractivity contribution in [1.82, 2.24) is 10.6 Å². The highest BCUT2D eigenvalue weighted by atomic mass is 16.5. The van der Waals surface area contributed by atoms with Crippen LogP contribution in [0.3, 0.4) is 0 Å². The average molecular weight is 390 g/mol. The van der Waals surface area contributed by atoms with Crippen molar-refractivity contribution < 1.29 is 14.3 Å². The van der Waals surface area contributed by atoms with Crippen LogP contribution in [0.15, 0.2) is 84.9 Å². The van der Waals surface area contributed by atoms with Crippen molar-refractivity contribution in [2.75, 3.05) is 20.8 Å². The standard InChI is InChI=1S/C24H26N2O3/c1-28-21-15-9-14-20(16-21)22(29-2)17-25-24(27)26-23(18-10-5-3-6-11-18)19-12-7-4-8-13-19/h3-16,22-23H,17H2,1-2H3,(H2,25,26,27). The Labute approximate surface area is 171 Å². The molecule has 0 aliphatic heterocycles. The van der Waals surface area contributed by atoms with E-state index in [-0.39, 0.29) is 18.2 Å². The fraction of sp³-hybridized carbons (Fsp3) is 0.208. The highest BCUT2D eigenvalue weighted by Crippen LogP contribution is 2.23. The van der Waals surface area contributed by atoms with Crippen molar-refractivity contribution in [1.29, 1.82) is 0 Å². The van der Waals surface area contributed by atoms with E-state index in [0.717, 1.165) is 22.4 Å². The zero-order valence-electron chi connectivity index (χ0n) is 16.7. The molecule has 5 nitrogen and oxygen atoms in total. The first kappa shape index (κ1) is 20.4. The van der Waals surface area contributed by atoms with Crippen LogP contribution in [0.5, 0.6) is 5.75 Å². The number of benzene rings is 3. The average Bonchev–Trinajstić information content (AvgIpc) is 2.79. The number of carbonyl (C=O) groups is 1. The van der Waals surface area contributed by atoms with Crippen LogP contribution in [-0.2, 0) is 4.74 Å². The minimum atomic E-state index is -0.275. The molecule has 1 atom stereocenters. The Kier molecular flexibility index (Phi) is 7.25. The predicted molar refractivity (Wildman–Crippen MR) is 114 cm³/mol. The lowest BCUT2D eigenvalue weighted by Gasteiger charge is -2.22. The molecule has 3 rings (SSSR count). The second-order valence-corrected chi connectivity index (χ2v) is 6.61. The number of rotatable bonds is 8. The lowest BCUT2D eigenvalue weighted by molar-refractivity contribution is 0.103. The molecule has 0 radical (unpaired) electrons. The number of hydrogen-bond acceptors (Lipinski definition) is 3. The predicted octanol–water partition coefficient (Wildman–Crippen LogP) is 4.47. The van der Waals surface area contributed by atoms with Gasteiger partial charge < -0.3 is 20.1 Å². The number of urea groups is 1. The molecular formula is C24H26N2O3. The summed E-state index contributed by atoms with van der Waals surface area (Å²) in [4.78, 5) is 12.7. The minimum Gasteiger partial charge on any atom is -0.497 e. The Morgan fingerprint density at radius 1 is 0.828 bits per heavy atom. The van der Waals surface area contributed by atoms with E-state index in [1.807, 2.05) is 84.9 Å².